The monoisotopic (exact) mass is 392 g/mol. The van der Waals surface area contributed by atoms with E-state index >= 15 is 0 Å². The number of nitriles is 1. The molecule has 140 valence electrons. The van der Waals surface area contributed by atoms with Gasteiger partial charge in [0.2, 0.25) is 5.95 Å². The fourth-order valence-corrected chi connectivity index (χ4v) is 3.28. The van der Waals surface area contributed by atoms with Crippen LogP contribution in [-0.2, 0) is 5.41 Å². The second kappa shape index (κ2) is 7.08. The van der Waals surface area contributed by atoms with Gasteiger partial charge in [0.1, 0.15) is 5.82 Å². The number of halogens is 1. The van der Waals surface area contributed by atoms with Gasteiger partial charge in [0.05, 0.1) is 34.6 Å². The van der Waals surface area contributed by atoms with Gasteiger partial charge in [-0.3, -0.25) is 0 Å². The molecule has 3 heterocycles. The van der Waals surface area contributed by atoms with Gasteiger partial charge in [0, 0.05) is 35.5 Å². The Labute approximate surface area is 167 Å². The van der Waals surface area contributed by atoms with Crippen LogP contribution in [0.1, 0.15) is 18.1 Å². The van der Waals surface area contributed by atoms with Crippen molar-refractivity contribution in [3.05, 3.63) is 58.9 Å². The minimum absolute atomic E-state index is 0.0302. The third-order valence-electron chi connectivity index (χ3n) is 4.83. The van der Waals surface area contributed by atoms with Gasteiger partial charge in [0.25, 0.3) is 0 Å². The van der Waals surface area contributed by atoms with Crippen LogP contribution in [0.2, 0.25) is 5.02 Å². The molecular weight excluding hydrogens is 376 g/mol. The molecule has 3 aromatic rings. The summed E-state index contributed by atoms with van der Waals surface area (Å²) in [5.41, 5.74) is 3.14. The Morgan fingerprint density at radius 1 is 1.32 bits per heavy atom. The quantitative estimate of drug-likeness (QED) is 0.623. The van der Waals surface area contributed by atoms with Crippen LogP contribution in [0.25, 0.3) is 11.3 Å². The lowest BCUT2D eigenvalue weighted by Gasteiger charge is -2.20. The molecule has 1 aromatic carbocycles. The van der Waals surface area contributed by atoms with Crippen LogP contribution >= 0.6 is 11.6 Å². The largest absolute Gasteiger partial charge is 0.395 e. The van der Waals surface area contributed by atoms with E-state index in [0.717, 1.165) is 16.9 Å². The molecular formula is C20H17ClN6O. The van der Waals surface area contributed by atoms with Crippen LogP contribution in [-0.4, -0.2) is 33.2 Å². The minimum Gasteiger partial charge on any atom is -0.395 e. The van der Waals surface area contributed by atoms with Crippen molar-refractivity contribution in [1.29, 1.82) is 5.26 Å². The lowest BCUT2D eigenvalue weighted by atomic mass is 9.85. The summed E-state index contributed by atoms with van der Waals surface area (Å²) < 4.78 is 0. The van der Waals surface area contributed by atoms with Crippen molar-refractivity contribution in [3.8, 4) is 17.3 Å². The van der Waals surface area contributed by atoms with Crippen LogP contribution in [0.4, 0.5) is 17.5 Å². The molecule has 8 heteroatoms. The van der Waals surface area contributed by atoms with Crippen molar-refractivity contribution < 1.29 is 5.11 Å². The number of hydrogen-bond donors (Lipinski definition) is 3. The summed E-state index contributed by atoms with van der Waals surface area (Å²) in [6, 6.07) is 10.8. The Hall–Kier alpha value is -3.21. The number of nitrogens with one attached hydrogen (secondary N) is 2. The van der Waals surface area contributed by atoms with Crippen molar-refractivity contribution >= 4 is 29.1 Å². The highest BCUT2D eigenvalue weighted by molar-refractivity contribution is 6.33. The molecule has 0 spiro atoms. The number of aliphatic hydroxyl groups is 1. The van der Waals surface area contributed by atoms with Gasteiger partial charge >= 0.3 is 0 Å². The molecule has 4 rings (SSSR count). The fourth-order valence-electron chi connectivity index (χ4n) is 3.11. The van der Waals surface area contributed by atoms with Crippen LogP contribution in [0, 0.1) is 11.3 Å². The van der Waals surface area contributed by atoms with Gasteiger partial charge in [-0.1, -0.05) is 18.5 Å². The highest BCUT2D eigenvalue weighted by atomic mass is 35.5. The van der Waals surface area contributed by atoms with Gasteiger partial charge in [-0.2, -0.15) is 5.26 Å². The lowest BCUT2D eigenvalue weighted by Crippen LogP contribution is -2.28. The van der Waals surface area contributed by atoms with Crippen molar-refractivity contribution in [1.82, 2.24) is 15.0 Å². The van der Waals surface area contributed by atoms with Gasteiger partial charge in [0.15, 0.2) is 0 Å². The number of pyridine rings is 1. The molecule has 0 bridgehead atoms. The lowest BCUT2D eigenvalue weighted by molar-refractivity contribution is 0.218. The molecule has 1 aliphatic heterocycles. The average molecular weight is 393 g/mol. The minimum atomic E-state index is -0.377. The van der Waals surface area contributed by atoms with Crippen molar-refractivity contribution in [3.63, 3.8) is 0 Å². The van der Waals surface area contributed by atoms with Crippen LogP contribution in [0.5, 0.6) is 0 Å². The Kier molecular flexibility index (Phi) is 4.59. The molecule has 1 atom stereocenters. The van der Waals surface area contributed by atoms with Gasteiger partial charge in [-0.05, 0) is 30.3 Å². The molecule has 0 saturated carbocycles. The summed E-state index contributed by atoms with van der Waals surface area (Å²) in [7, 11) is 0. The van der Waals surface area contributed by atoms with E-state index in [9.17, 15) is 5.11 Å². The molecule has 0 saturated heterocycles. The number of aliphatic hydroxyl groups excluding tert-OH is 1. The number of nitrogens with zero attached hydrogens (tertiary/aromatic N) is 4. The molecule has 0 amide bonds. The van der Waals surface area contributed by atoms with Gasteiger partial charge in [-0.15, -0.1) is 0 Å². The molecule has 0 radical (unpaired) electrons. The molecule has 3 N–H and O–H groups in total. The topological polar surface area (TPSA) is 107 Å². The van der Waals surface area contributed by atoms with Crippen LogP contribution in [0.3, 0.4) is 0 Å². The van der Waals surface area contributed by atoms with E-state index in [1.54, 1.807) is 36.7 Å². The summed E-state index contributed by atoms with van der Waals surface area (Å²) >= 11 is 6.20. The second-order valence-electron chi connectivity index (χ2n) is 6.89. The summed E-state index contributed by atoms with van der Waals surface area (Å²) in [4.78, 5) is 13.3. The number of aromatic nitrogens is 3. The average Bonchev–Trinajstić information content (AvgIpc) is 3.07. The standard InChI is InChI=1S/C20H17ClN6O/c1-20(11-28)10-25-18-14(20)7-13(9-24-18)16-4-5-23-19(26-16)27-17-6-12(8-22)2-3-15(17)21/h2-7,9,28H,10-11H2,1H3,(H,24,25)(H,23,26,27). The third kappa shape index (κ3) is 3.24. The molecule has 7 nitrogen and oxygen atoms in total. The number of hydrogen-bond acceptors (Lipinski definition) is 7. The molecule has 0 fully saturated rings. The maximum atomic E-state index is 9.77. The van der Waals surface area contributed by atoms with Gasteiger partial charge in [-0.25, -0.2) is 15.0 Å². The number of rotatable bonds is 4. The Morgan fingerprint density at radius 3 is 2.96 bits per heavy atom. The number of fused-ring (bicyclic) bond motifs is 1. The van der Waals surface area contributed by atoms with Crippen molar-refractivity contribution in [2.75, 3.05) is 23.8 Å². The maximum Gasteiger partial charge on any atom is 0.227 e. The van der Waals surface area contributed by atoms with E-state index in [1.807, 2.05) is 13.0 Å². The first-order chi connectivity index (χ1) is 13.5. The van der Waals surface area contributed by atoms with E-state index in [4.69, 9.17) is 16.9 Å². The Balaban J connectivity index is 1.67. The summed E-state index contributed by atoms with van der Waals surface area (Å²) in [6.45, 7) is 2.66. The zero-order valence-corrected chi connectivity index (χ0v) is 15.8. The van der Waals surface area contributed by atoms with Crippen LogP contribution in [0.15, 0.2) is 42.7 Å². The Morgan fingerprint density at radius 2 is 2.18 bits per heavy atom. The highest BCUT2D eigenvalue weighted by Gasteiger charge is 2.35. The van der Waals surface area contributed by atoms with Gasteiger partial charge < -0.3 is 15.7 Å². The first-order valence-electron chi connectivity index (χ1n) is 8.68. The van der Waals surface area contributed by atoms with Crippen molar-refractivity contribution in [2.24, 2.45) is 0 Å². The molecule has 1 unspecified atom stereocenters. The highest BCUT2D eigenvalue weighted by Crippen LogP contribution is 2.37. The summed E-state index contributed by atoms with van der Waals surface area (Å²) in [6.07, 6.45) is 3.38. The second-order valence-corrected chi connectivity index (χ2v) is 7.30. The summed E-state index contributed by atoms with van der Waals surface area (Å²) in [5, 5.41) is 25.6. The first-order valence-corrected chi connectivity index (χ1v) is 9.05. The Bertz CT molecular complexity index is 1100. The smallest absolute Gasteiger partial charge is 0.227 e. The maximum absolute atomic E-state index is 9.77. The fraction of sp³-hybridized carbons (Fsp3) is 0.200. The van der Waals surface area contributed by atoms with E-state index in [2.05, 4.69) is 31.7 Å². The molecule has 2 aromatic heterocycles. The van der Waals surface area contributed by atoms with E-state index in [0.29, 0.717) is 34.5 Å². The third-order valence-corrected chi connectivity index (χ3v) is 5.16. The number of benzene rings is 1. The van der Waals surface area contributed by atoms with Crippen molar-refractivity contribution in [2.45, 2.75) is 12.3 Å². The predicted molar refractivity (Wildman–Crippen MR) is 108 cm³/mol. The van der Waals surface area contributed by atoms with E-state index in [-0.39, 0.29) is 12.0 Å². The predicted octanol–water partition coefficient (Wildman–Crippen LogP) is 3.48. The SMILES string of the molecule is CC1(CO)CNc2ncc(-c3ccnc(Nc4cc(C#N)ccc4Cl)n3)cc21. The summed E-state index contributed by atoms with van der Waals surface area (Å²) in [5.74, 6) is 1.14. The van der Waals surface area contributed by atoms with E-state index < -0.39 is 0 Å². The van der Waals surface area contributed by atoms with E-state index in [1.165, 1.54) is 0 Å². The normalized spacial score (nSPS) is 17.5. The zero-order chi connectivity index (χ0) is 19.7. The number of anilines is 3. The zero-order valence-electron chi connectivity index (χ0n) is 15.1. The first kappa shape index (κ1) is 18.2. The molecule has 0 aliphatic carbocycles. The van der Waals surface area contributed by atoms with Crippen LogP contribution < -0.4 is 10.6 Å². The molecule has 1 aliphatic rings. The molecule has 28 heavy (non-hydrogen) atoms.